The Morgan fingerprint density at radius 3 is 1.70 bits per heavy atom. The van der Waals surface area contributed by atoms with Gasteiger partial charge >= 0.3 is 0 Å². The van der Waals surface area contributed by atoms with Crippen LogP contribution >= 0.6 is 0 Å². The molecule has 0 bridgehead atoms. The zero-order chi connectivity index (χ0) is 40.9. The van der Waals surface area contributed by atoms with Gasteiger partial charge in [-0.15, -0.1) is 0 Å². The van der Waals surface area contributed by atoms with Gasteiger partial charge in [0.1, 0.15) is 0 Å². The molecule has 290 valence electrons. The van der Waals surface area contributed by atoms with Crippen molar-refractivity contribution in [3.05, 3.63) is 242 Å². The van der Waals surface area contributed by atoms with Crippen molar-refractivity contribution in [1.82, 2.24) is 0 Å². The first-order valence-corrected chi connectivity index (χ1v) is 21.2. The molecule has 61 heavy (non-hydrogen) atoms. The lowest BCUT2D eigenvalue weighted by molar-refractivity contribution is 0.632. The first kappa shape index (κ1) is 36.4. The third-order valence-corrected chi connectivity index (χ3v) is 12.6. The van der Waals surface area contributed by atoms with E-state index in [9.17, 15) is 0 Å². The first-order chi connectivity index (χ1) is 30.0. The summed E-state index contributed by atoms with van der Waals surface area (Å²) in [5.41, 5.74) is 16.3. The van der Waals surface area contributed by atoms with Gasteiger partial charge in [0, 0.05) is 33.3 Å². The molecular formula is C59H44N2. The molecule has 1 heterocycles. The van der Waals surface area contributed by atoms with Gasteiger partial charge in [0.15, 0.2) is 0 Å². The minimum atomic E-state index is -0.315. The fourth-order valence-corrected chi connectivity index (χ4v) is 9.64. The van der Waals surface area contributed by atoms with E-state index < -0.39 is 0 Å². The molecule has 0 aliphatic carbocycles. The van der Waals surface area contributed by atoms with Crippen LogP contribution in [-0.4, -0.2) is 0 Å². The standard InChI is InChI=1S/C59H44N2/c1-59(2)53-29-14-16-31-56(53)61(58-50-27-12-10-23-45(50)34-38-52(58)51-28-17-24-43-22-9-11-25-48(43)51)57-39-37-47(40-54(57)59)60(46-35-32-42(33-36-46)41-18-5-3-6-19-41)55-30-15-13-26-49(55)44-20-7-4-8-21-44/h3-40H,1-2H3. The molecule has 0 N–H and O–H groups in total. The SMILES string of the molecule is CC1(C)c2ccccc2N(c2c(-c3cccc4ccccc34)ccc3ccccc23)c2ccc(N(c3ccc(-c4ccccc4)cc3)c3ccccc3-c3ccccc3)cc21. The Hall–Kier alpha value is -7.68. The average Bonchev–Trinajstić information content (AvgIpc) is 3.33. The van der Waals surface area contributed by atoms with Crippen LogP contribution in [0.15, 0.2) is 231 Å². The van der Waals surface area contributed by atoms with Crippen LogP contribution in [0.1, 0.15) is 25.0 Å². The number of anilines is 6. The van der Waals surface area contributed by atoms with Gasteiger partial charge in [-0.25, -0.2) is 0 Å². The highest BCUT2D eigenvalue weighted by Gasteiger charge is 2.39. The highest BCUT2D eigenvalue weighted by molar-refractivity contribution is 6.11. The summed E-state index contributed by atoms with van der Waals surface area (Å²) in [5.74, 6) is 0. The van der Waals surface area contributed by atoms with Crippen LogP contribution < -0.4 is 9.80 Å². The number of para-hydroxylation sites is 2. The van der Waals surface area contributed by atoms with Gasteiger partial charge in [-0.2, -0.15) is 0 Å². The smallest absolute Gasteiger partial charge is 0.0618 e. The Balaban J connectivity index is 1.16. The summed E-state index contributed by atoms with van der Waals surface area (Å²) in [6.07, 6.45) is 0. The van der Waals surface area contributed by atoms with E-state index in [-0.39, 0.29) is 5.41 Å². The summed E-state index contributed by atoms with van der Waals surface area (Å²) in [5, 5.41) is 4.91. The van der Waals surface area contributed by atoms with Crippen molar-refractivity contribution in [2.45, 2.75) is 19.3 Å². The Kier molecular flexibility index (Phi) is 8.86. The molecule has 2 nitrogen and oxygen atoms in total. The van der Waals surface area contributed by atoms with Crippen LogP contribution in [0.25, 0.3) is 54.9 Å². The number of benzene rings is 10. The molecule has 0 spiro atoms. The highest BCUT2D eigenvalue weighted by Crippen LogP contribution is 2.56. The van der Waals surface area contributed by atoms with Crippen molar-refractivity contribution in [2.75, 3.05) is 9.80 Å². The molecular weight excluding hydrogens is 737 g/mol. The van der Waals surface area contributed by atoms with Crippen molar-refractivity contribution in [2.24, 2.45) is 0 Å². The van der Waals surface area contributed by atoms with Crippen molar-refractivity contribution in [3.8, 4) is 33.4 Å². The number of hydrogen-bond donors (Lipinski definition) is 0. The highest BCUT2D eigenvalue weighted by atomic mass is 15.2. The minimum Gasteiger partial charge on any atom is -0.310 e. The molecule has 0 aromatic heterocycles. The fourth-order valence-electron chi connectivity index (χ4n) is 9.64. The third kappa shape index (κ3) is 6.19. The number of rotatable bonds is 7. The van der Waals surface area contributed by atoms with Crippen LogP contribution in [0.2, 0.25) is 0 Å². The Bertz CT molecular complexity index is 3210. The van der Waals surface area contributed by atoms with Gasteiger partial charge in [0.2, 0.25) is 0 Å². The zero-order valence-electron chi connectivity index (χ0n) is 34.3. The largest absolute Gasteiger partial charge is 0.310 e. The molecule has 2 heteroatoms. The van der Waals surface area contributed by atoms with E-state index in [0.29, 0.717) is 0 Å². The van der Waals surface area contributed by atoms with E-state index in [1.165, 1.54) is 83.1 Å². The molecule has 0 radical (unpaired) electrons. The first-order valence-electron chi connectivity index (χ1n) is 21.2. The molecule has 10 aromatic carbocycles. The maximum absolute atomic E-state index is 2.55. The summed E-state index contributed by atoms with van der Waals surface area (Å²) < 4.78 is 0. The number of nitrogens with zero attached hydrogens (tertiary/aromatic N) is 2. The summed E-state index contributed by atoms with van der Waals surface area (Å²) in [6.45, 7) is 4.77. The minimum absolute atomic E-state index is 0.315. The molecule has 0 fully saturated rings. The molecule has 0 atom stereocenters. The summed E-state index contributed by atoms with van der Waals surface area (Å²) in [6, 6.07) is 84.3. The van der Waals surface area contributed by atoms with Crippen LogP contribution in [0, 0.1) is 0 Å². The lowest BCUT2D eigenvalue weighted by Crippen LogP contribution is -2.31. The summed E-state index contributed by atoms with van der Waals surface area (Å²) in [4.78, 5) is 4.99. The zero-order valence-corrected chi connectivity index (χ0v) is 34.3. The van der Waals surface area contributed by atoms with Crippen molar-refractivity contribution >= 4 is 55.7 Å². The van der Waals surface area contributed by atoms with E-state index in [2.05, 4.69) is 254 Å². The lowest BCUT2D eigenvalue weighted by Gasteiger charge is -2.43. The quantitative estimate of drug-likeness (QED) is 0.159. The van der Waals surface area contributed by atoms with Gasteiger partial charge in [-0.05, 0) is 92.0 Å². The monoisotopic (exact) mass is 780 g/mol. The number of fused-ring (bicyclic) bond motifs is 4. The van der Waals surface area contributed by atoms with Gasteiger partial charge < -0.3 is 9.80 Å². The maximum Gasteiger partial charge on any atom is 0.0618 e. The van der Waals surface area contributed by atoms with Gasteiger partial charge in [-0.1, -0.05) is 202 Å². The molecule has 0 saturated carbocycles. The van der Waals surface area contributed by atoms with E-state index >= 15 is 0 Å². The second kappa shape index (κ2) is 14.9. The van der Waals surface area contributed by atoms with Gasteiger partial charge in [-0.3, -0.25) is 0 Å². The normalized spacial score (nSPS) is 12.9. The van der Waals surface area contributed by atoms with Gasteiger partial charge in [0.25, 0.3) is 0 Å². The second-order valence-electron chi connectivity index (χ2n) is 16.5. The van der Waals surface area contributed by atoms with Crippen LogP contribution in [0.4, 0.5) is 34.1 Å². The second-order valence-corrected chi connectivity index (χ2v) is 16.5. The molecule has 1 aliphatic heterocycles. The Morgan fingerprint density at radius 1 is 0.361 bits per heavy atom. The fraction of sp³-hybridized carbons (Fsp3) is 0.0508. The van der Waals surface area contributed by atoms with Crippen LogP contribution in [-0.2, 0) is 5.41 Å². The van der Waals surface area contributed by atoms with Crippen molar-refractivity contribution in [3.63, 3.8) is 0 Å². The molecule has 0 saturated heterocycles. The Labute approximate surface area is 358 Å². The van der Waals surface area contributed by atoms with Crippen molar-refractivity contribution < 1.29 is 0 Å². The van der Waals surface area contributed by atoms with E-state index in [1.807, 2.05) is 0 Å². The summed E-state index contributed by atoms with van der Waals surface area (Å²) in [7, 11) is 0. The lowest BCUT2D eigenvalue weighted by atomic mass is 9.73. The van der Waals surface area contributed by atoms with Crippen molar-refractivity contribution in [1.29, 1.82) is 0 Å². The Morgan fingerprint density at radius 2 is 0.918 bits per heavy atom. The van der Waals surface area contributed by atoms with Gasteiger partial charge in [0.05, 0.1) is 22.7 Å². The topological polar surface area (TPSA) is 6.48 Å². The predicted octanol–water partition coefficient (Wildman–Crippen LogP) is 16.6. The number of hydrogen-bond acceptors (Lipinski definition) is 2. The average molecular weight is 781 g/mol. The molecule has 10 aromatic rings. The molecule has 11 rings (SSSR count). The van der Waals surface area contributed by atoms with E-state index in [1.54, 1.807) is 0 Å². The van der Waals surface area contributed by atoms with Crippen LogP contribution in [0.5, 0.6) is 0 Å². The summed E-state index contributed by atoms with van der Waals surface area (Å²) >= 11 is 0. The predicted molar refractivity (Wildman–Crippen MR) is 259 cm³/mol. The van der Waals surface area contributed by atoms with E-state index in [4.69, 9.17) is 0 Å². The van der Waals surface area contributed by atoms with E-state index in [0.717, 1.165) is 17.1 Å². The third-order valence-electron chi connectivity index (χ3n) is 12.6. The molecule has 1 aliphatic rings. The molecule has 0 amide bonds. The maximum atomic E-state index is 2.55. The molecule has 0 unspecified atom stereocenters. The van der Waals surface area contributed by atoms with Crippen LogP contribution in [0.3, 0.4) is 0 Å².